The smallest absolute Gasteiger partial charge is 0.368 e. The zero-order valence-electron chi connectivity index (χ0n) is 8.39. The number of rotatable bonds is 4. The van der Waals surface area contributed by atoms with Crippen molar-refractivity contribution in [3.63, 3.8) is 0 Å². The number of hydrogen-bond acceptors (Lipinski definition) is 3. The van der Waals surface area contributed by atoms with E-state index in [4.69, 9.17) is 4.43 Å². The number of carbonyl (C=O) groups is 1. The molecule has 0 N–H and O–H groups in total. The predicted octanol–water partition coefficient (Wildman–Crippen LogP) is 2.21. The first-order valence-electron chi connectivity index (χ1n) is 3.95. The van der Waals surface area contributed by atoms with E-state index in [1.54, 1.807) is 6.92 Å². The third kappa shape index (κ3) is 6.48. The second kappa shape index (κ2) is 4.52. The summed E-state index contributed by atoms with van der Waals surface area (Å²) in [5, 5.41) is 0. The molecule has 0 bridgehead atoms. The van der Waals surface area contributed by atoms with E-state index >= 15 is 0 Å². The molecule has 0 rings (SSSR count). The maximum Gasteiger partial charge on any atom is 0.368 e. The van der Waals surface area contributed by atoms with Gasteiger partial charge in [0, 0.05) is 0 Å². The molecule has 0 heterocycles. The van der Waals surface area contributed by atoms with Crippen molar-refractivity contribution in [2.75, 3.05) is 0 Å². The van der Waals surface area contributed by atoms with E-state index in [2.05, 4.69) is 11.3 Å². The van der Waals surface area contributed by atoms with Crippen LogP contribution in [0.3, 0.4) is 0 Å². The lowest BCUT2D eigenvalue weighted by Gasteiger charge is -2.22. The SMILES string of the molecule is C=C(F)C(=O)OC(C)O[Si](C)(C)C. The molecular weight excluding hydrogens is 191 g/mol. The molecule has 1 unspecified atom stereocenters. The number of hydrogen-bond donors (Lipinski definition) is 0. The van der Waals surface area contributed by atoms with Crippen molar-refractivity contribution in [2.24, 2.45) is 0 Å². The molecule has 0 aromatic rings. The fourth-order valence-electron chi connectivity index (χ4n) is 0.737. The summed E-state index contributed by atoms with van der Waals surface area (Å²) in [4.78, 5) is 10.7. The molecule has 1 atom stereocenters. The Bertz CT molecular complexity index is 210. The highest BCUT2D eigenvalue weighted by molar-refractivity contribution is 6.69. The maximum atomic E-state index is 12.2. The molecule has 0 amide bonds. The first-order valence-corrected chi connectivity index (χ1v) is 7.36. The molecule has 0 saturated carbocycles. The molecule has 0 aliphatic carbocycles. The number of ether oxygens (including phenoxy) is 1. The average molecular weight is 206 g/mol. The summed E-state index contributed by atoms with van der Waals surface area (Å²) in [7, 11) is -1.75. The molecule has 13 heavy (non-hydrogen) atoms. The second-order valence-electron chi connectivity index (χ2n) is 3.61. The van der Waals surface area contributed by atoms with E-state index in [-0.39, 0.29) is 0 Å². The zero-order chi connectivity index (χ0) is 10.6. The van der Waals surface area contributed by atoms with E-state index in [1.165, 1.54) is 0 Å². The molecule has 0 fully saturated rings. The zero-order valence-corrected chi connectivity index (χ0v) is 9.39. The van der Waals surface area contributed by atoms with Crippen molar-refractivity contribution >= 4 is 14.3 Å². The van der Waals surface area contributed by atoms with Crippen molar-refractivity contribution < 1.29 is 18.3 Å². The van der Waals surface area contributed by atoms with Gasteiger partial charge in [-0.2, -0.15) is 4.39 Å². The van der Waals surface area contributed by atoms with Crippen molar-refractivity contribution in [3.8, 4) is 0 Å². The number of halogens is 1. The topological polar surface area (TPSA) is 35.5 Å². The van der Waals surface area contributed by atoms with Crippen LogP contribution >= 0.6 is 0 Å². The van der Waals surface area contributed by atoms with Gasteiger partial charge in [-0.05, 0) is 26.6 Å². The summed E-state index contributed by atoms with van der Waals surface area (Å²) >= 11 is 0. The van der Waals surface area contributed by atoms with Crippen LogP contribution in [0.5, 0.6) is 0 Å². The molecule has 0 spiro atoms. The molecular formula is C8H15FO3Si. The third-order valence-corrected chi connectivity index (χ3v) is 2.05. The van der Waals surface area contributed by atoms with Crippen LogP contribution in [0.1, 0.15) is 6.92 Å². The Balaban J connectivity index is 3.95. The molecule has 0 radical (unpaired) electrons. The van der Waals surface area contributed by atoms with Crippen molar-refractivity contribution in [3.05, 3.63) is 12.4 Å². The minimum absolute atomic E-state index is 0.716. The molecule has 76 valence electrons. The Labute approximate surface area is 78.7 Å². The minimum Gasteiger partial charge on any atom is -0.432 e. The average Bonchev–Trinajstić information content (AvgIpc) is 1.81. The fourth-order valence-corrected chi connectivity index (χ4v) is 1.78. The number of esters is 1. The standard InChI is InChI=1S/C8H15FO3Si/c1-6(9)8(10)11-7(2)12-13(3,4)5/h7H,1H2,2-5H3. The fraction of sp³-hybridized carbons (Fsp3) is 0.625. The Morgan fingerprint density at radius 2 is 1.92 bits per heavy atom. The monoisotopic (exact) mass is 206 g/mol. The van der Waals surface area contributed by atoms with Gasteiger partial charge in [0.05, 0.1) is 0 Å². The van der Waals surface area contributed by atoms with Crippen molar-refractivity contribution in [1.82, 2.24) is 0 Å². The predicted molar refractivity (Wildman–Crippen MR) is 50.2 cm³/mol. The van der Waals surface area contributed by atoms with Crippen LogP contribution in [0.15, 0.2) is 12.4 Å². The van der Waals surface area contributed by atoms with Gasteiger partial charge in [0.15, 0.2) is 14.6 Å². The van der Waals surface area contributed by atoms with Crippen molar-refractivity contribution in [2.45, 2.75) is 32.9 Å². The summed E-state index contributed by atoms with van der Waals surface area (Å²) in [6, 6.07) is 0. The van der Waals surface area contributed by atoms with Crippen LogP contribution < -0.4 is 0 Å². The molecule has 5 heteroatoms. The molecule has 0 saturated heterocycles. The van der Waals surface area contributed by atoms with Crippen molar-refractivity contribution in [1.29, 1.82) is 0 Å². The van der Waals surface area contributed by atoms with Gasteiger partial charge in [0.25, 0.3) is 0 Å². The lowest BCUT2D eigenvalue weighted by molar-refractivity contribution is -0.159. The van der Waals surface area contributed by atoms with Crippen LogP contribution in [0.2, 0.25) is 19.6 Å². The van der Waals surface area contributed by atoms with Gasteiger partial charge in [-0.1, -0.05) is 6.58 Å². The third-order valence-electron chi connectivity index (χ3n) is 1.01. The van der Waals surface area contributed by atoms with Gasteiger partial charge in [0.2, 0.25) is 5.83 Å². The Hall–Kier alpha value is -0.683. The highest BCUT2D eigenvalue weighted by atomic mass is 28.4. The Kier molecular flexibility index (Phi) is 4.29. The lowest BCUT2D eigenvalue weighted by Crippen LogP contribution is -2.33. The van der Waals surface area contributed by atoms with Gasteiger partial charge >= 0.3 is 5.97 Å². The number of carbonyl (C=O) groups excluding carboxylic acids is 1. The van der Waals surface area contributed by atoms with Gasteiger partial charge < -0.3 is 9.16 Å². The summed E-state index contributed by atoms with van der Waals surface area (Å²) < 4.78 is 22.1. The first-order chi connectivity index (χ1) is 5.72. The second-order valence-corrected chi connectivity index (χ2v) is 8.07. The summed E-state index contributed by atoms with van der Waals surface area (Å²) in [6.45, 7) is 10.2. The minimum atomic E-state index is -1.75. The van der Waals surface area contributed by atoms with Gasteiger partial charge in [-0.25, -0.2) is 4.79 Å². The summed E-state index contributed by atoms with van der Waals surface area (Å²) in [5.74, 6) is -2.17. The Morgan fingerprint density at radius 1 is 1.46 bits per heavy atom. The largest absolute Gasteiger partial charge is 0.432 e. The van der Waals surface area contributed by atoms with E-state index in [0.29, 0.717) is 0 Å². The molecule has 0 aromatic heterocycles. The normalized spacial score (nSPS) is 13.6. The quantitative estimate of drug-likeness (QED) is 0.306. The highest BCUT2D eigenvalue weighted by Gasteiger charge is 2.21. The van der Waals surface area contributed by atoms with Crippen LogP contribution in [-0.4, -0.2) is 20.6 Å². The van der Waals surface area contributed by atoms with Crippen LogP contribution in [0, 0.1) is 0 Å². The van der Waals surface area contributed by atoms with Gasteiger partial charge in [-0.15, -0.1) is 0 Å². The molecule has 0 aliphatic heterocycles. The van der Waals surface area contributed by atoms with Gasteiger partial charge in [-0.3, -0.25) is 0 Å². The first kappa shape index (κ1) is 12.3. The maximum absolute atomic E-state index is 12.2. The van der Waals surface area contributed by atoms with Crippen LogP contribution in [0.4, 0.5) is 4.39 Å². The summed E-state index contributed by atoms with van der Waals surface area (Å²) in [6.07, 6.45) is -0.716. The van der Waals surface area contributed by atoms with Gasteiger partial charge in [0.1, 0.15) is 0 Å². The van der Waals surface area contributed by atoms with E-state index < -0.39 is 26.4 Å². The molecule has 0 aliphatic rings. The van der Waals surface area contributed by atoms with Crippen LogP contribution in [-0.2, 0) is 14.0 Å². The Morgan fingerprint density at radius 3 is 2.23 bits per heavy atom. The summed E-state index contributed by atoms with van der Waals surface area (Å²) in [5.41, 5.74) is 0. The van der Waals surface area contributed by atoms with Crippen LogP contribution in [0.25, 0.3) is 0 Å². The molecule has 0 aromatic carbocycles. The lowest BCUT2D eigenvalue weighted by atomic mass is 10.6. The molecule has 3 nitrogen and oxygen atoms in total. The highest BCUT2D eigenvalue weighted by Crippen LogP contribution is 2.09. The van der Waals surface area contributed by atoms with E-state index in [0.717, 1.165) is 0 Å². The van der Waals surface area contributed by atoms with E-state index in [1.807, 2.05) is 19.6 Å². The van der Waals surface area contributed by atoms with E-state index in [9.17, 15) is 9.18 Å².